The molecule has 0 bridgehead atoms. The molecular weight excluding hydrogens is 173 g/mol. The molecule has 1 aliphatic rings. The van der Waals surface area contributed by atoms with Crippen molar-refractivity contribution in [1.82, 2.24) is 0 Å². The second kappa shape index (κ2) is 2.73. The molecule has 0 unspecified atom stereocenters. The van der Waals surface area contributed by atoms with Crippen LogP contribution < -0.4 is 10.1 Å². The first-order valence-electron chi connectivity index (χ1n) is 3.94. The first kappa shape index (κ1) is 8.04. The minimum Gasteiger partial charge on any atom is -0.476 e. The van der Waals surface area contributed by atoms with Gasteiger partial charge in [-0.15, -0.1) is 0 Å². The van der Waals surface area contributed by atoms with Crippen molar-refractivity contribution in [1.29, 1.82) is 0 Å². The van der Waals surface area contributed by atoms with E-state index in [2.05, 4.69) is 5.32 Å². The molecule has 0 saturated carbocycles. The Morgan fingerprint density at radius 3 is 3.08 bits per heavy atom. The molecule has 0 radical (unpaired) electrons. The fourth-order valence-electron chi connectivity index (χ4n) is 1.19. The van der Waals surface area contributed by atoms with Crippen LogP contribution >= 0.6 is 0 Å². The standard InChI is InChI=1S/C9H8FNO2/c1-5-9(12)11-7-4-2-3-6(10)8(7)13-5/h2-5H,1H3,(H,11,12)/t5-/m1/s1. The van der Waals surface area contributed by atoms with Gasteiger partial charge in [-0.25, -0.2) is 4.39 Å². The highest BCUT2D eigenvalue weighted by Gasteiger charge is 2.25. The Morgan fingerprint density at radius 2 is 2.31 bits per heavy atom. The second-order valence-electron chi connectivity index (χ2n) is 2.87. The molecule has 0 saturated heterocycles. The van der Waals surface area contributed by atoms with Gasteiger partial charge in [0, 0.05) is 0 Å². The van der Waals surface area contributed by atoms with Crippen LogP contribution in [0.2, 0.25) is 0 Å². The van der Waals surface area contributed by atoms with Crippen molar-refractivity contribution in [3.8, 4) is 5.75 Å². The number of fused-ring (bicyclic) bond motifs is 1. The first-order valence-corrected chi connectivity index (χ1v) is 3.94. The van der Waals surface area contributed by atoms with Crippen molar-refractivity contribution in [2.45, 2.75) is 13.0 Å². The molecule has 0 aliphatic carbocycles. The van der Waals surface area contributed by atoms with Crippen molar-refractivity contribution in [3.05, 3.63) is 24.0 Å². The summed E-state index contributed by atoms with van der Waals surface area (Å²) in [7, 11) is 0. The van der Waals surface area contributed by atoms with Gasteiger partial charge in [0.05, 0.1) is 5.69 Å². The van der Waals surface area contributed by atoms with Crippen LogP contribution in [-0.4, -0.2) is 12.0 Å². The van der Waals surface area contributed by atoms with E-state index in [0.717, 1.165) is 0 Å². The quantitative estimate of drug-likeness (QED) is 0.659. The van der Waals surface area contributed by atoms with Gasteiger partial charge in [0.1, 0.15) is 0 Å². The molecule has 13 heavy (non-hydrogen) atoms. The number of nitrogens with one attached hydrogen (secondary N) is 1. The third-order valence-electron chi connectivity index (χ3n) is 1.89. The molecular formula is C9H8FNO2. The van der Waals surface area contributed by atoms with Gasteiger partial charge in [-0.05, 0) is 19.1 Å². The number of halogens is 1. The number of carbonyl (C=O) groups is 1. The van der Waals surface area contributed by atoms with Crippen LogP contribution in [0.15, 0.2) is 18.2 Å². The second-order valence-corrected chi connectivity index (χ2v) is 2.87. The number of carbonyl (C=O) groups excluding carboxylic acids is 1. The van der Waals surface area contributed by atoms with E-state index >= 15 is 0 Å². The lowest BCUT2D eigenvalue weighted by Gasteiger charge is -2.23. The fraction of sp³-hybridized carbons (Fsp3) is 0.222. The van der Waals surface area contributed by atoms with Crippen LogP contribution in [0.5, 0.6) is 5.75 Å². The van der Waals surface area contributed by atoms with Crippen LogP contribution in [0.3, 0.4) is 0 Å². The van der Waals surface area contributed by atoms with E-state index in [9.17, 15) is 9.18 Å². The Bertz CT molecular complexity index is 365. The number of amides is 1. The number of benzene rings is 1. The summed E-state index contributed by atoms with van der Waals surface area (Å²) in [6, 6.07) is 4.42. The highest BCUT2D eigenvalue weighted by Crippen LogP contribution is 2.31. The Kier molecular flexibility index (Phi) is 1.69. The predicted octanol–water partition coefficient (Wildman–Crippen LogP) is 1.55. The van der Waals surface area contributed by atoms with Gasteiger partial charge < -0.3 is 10.1 Å². The van der Waals surface area contributed by atoms with E-state index < -0.39 is 11.9 Å². The van der Waals surface area contributed by atoms with E-state index in [1.165, 1.54) is 12.1 Å². The third-order valence-corrected chi connectivity index (χ3v) is 1.89. The van der Waals surface area contributed by atoms with Gasteiger partial charge in [-0.2, -0.15) is 0 Å². The summed E-state index contributed by atoms with van der Waals surface area (Å²) < 4.78 is 18.2. The maximum atomic E-state index is 13.1. The Morgan fingerprint density at radius 1 is 1.54 bits per heavy atom. The molecule has 1 aromatic carbocycles. The summed E-state index contributed by atoms with van der Waals surface area (Å²) in [6.07, 6.45) is -0.635. The van der Waals surface area contributed by atoms with Gasteiger partial charge in [-0.3, -0.25) is 4.79 Å². The summed E-state index contributed by atoms with van der Waals surface area (Å²) in [6.45, 7) is 1.57. The normalized spacial score (nSPS) is 20.2. The molecule has 4 heteroatoms. The lowest BCUT2D eigenvalue weighted by molar-refractivity contribution is -0.122. The molecule has 1 atom stereocenters. The van der Waals surface area contributed by atoms with Gasteiger partial charge in [-0.1, -0.05) is 6.07 Å². The molecule has 0 spiro atoms. The Hall–Kier alpha value is -1.58. The maximum absolute atomic E-state index is 13.1. The molecule has 2 rings (SSSR count). The van der Waals surface area contributed by atoms with Crippen LogP contribution in [0.4, 0.5) is 10.1 Å². The van der Waals surface area contributed by atoms with Crippen LogP contribution in [0, 0.1) is 5.82 Å². The third kappa shape index (κ3) is 1.24. The highest BCUT2D eigenvalue weighted by molar-refractivity contribution is 5.97. The fourth-order valence-corrected chi connectivity index (χ4v) is 1.19. The van der Waals surface area contributed by atoms with Crippen molar-refractivity contribution in [3.63, 3.8) is 0 Å². The molecule has 68 valence electrons. The van der Waals surface area contributed by atoms with Crippen molar-refractivity contribution < 1.29 is 13.9 Å². The van der Waals surface area contributed by atoms with Gasteiger partial charge in [0.15, 0.2) is 17.7 Å². The van der Waals surface area contributed by atoms with Crippen molar-refractivity contribution in [2.75, 3.05) is 5.32 Å². The minimum absolute atomic E-state index is 0.120. The molecule has 1 aromatic rings. The topological polar surface area (TPSA) is 38.3 Å². The average Bonchev–Trinajstić information content (AvgIpc) is 2.09. The van der Waals surface area contributed by atoms with Crippen LogP contribution in [0.25, 0.3) is 0 Å². The maximum Gasteiger partial charge on any atom is 0.265 e. The zero-order valence-electron chi connectivity index (χ0n) is 7.00. The summed E-state index contributed by atoms with van der Waals surface area (Å²) in [5, 5.41) is 2.55. The number of ether oxygens (including phenoxy) is 1. The molecule has 0 aromatic heterocycles. The molecule has 1 aliphatic heterocycles. The Labute approximate surface area is 74.5 Å². The number of rotatable bonds is 0. The largest absolute Gasteiger partial charge is 0.476 e. The lowest BCUT2D eigenvalue weighted by Crippen LogP contribution is -2.34. The minimum atomic E-state index is -0.635. The van der Waals surface area contributed by atoms with Gasteiger partial charge in [0.2, 0.25) is 0 Å². The first-order chi connectivity index (χ1) is 6.18. The predicted molar refractivity (Wildman–Crippen MR) is 45.1 cm³/mol. The zero-order chi connectivity index (χ0) is 9.42. The van der Waals surface area contributed by atoms with Crippen molar-refractivity contribution in [2.24, 2.45) is 0 Å². The Balaban J connectivity index is 2.48. The summed E-state index contributed by atoms with van der Waals surface area (Å²) in [4.78, 5) is 11.1. The van der Waals surface area contributed by atoms with Crippen LogP contribution in [0.1, 0.15) is 6.92 Å². The summed E-state index contributed by atoms with van der Waals surface area (Å²) in [5.74, 6) is -0.586. The number of anilines is 1. The number of hydrogen-bond donors (Lipinski definition) is 1. The van der Waals surface area contributed by atoms with E-state index in [1.807, 2.05) is 0 Å². The van der Waals surface area contributed by atoms with E-state index in [1.54, 1.807) is 13.0 Å². The van der Waals surface area contributed by atoms with Gasteiger partial charge in [0.25, 0.3) is 5.91 Å². The smallest absolute Gasteiger partial charge is 0.265 e. The summed E-state index contributed by atoms with van der Waals surface area (Å²) in [5.41, 5.74) is 0.392. The molecule has 1 N–H and O–H groups in total. The van der Waals surface area contributed by atoms with Gasteiger partial charge >= 0.3 is 0 Å². The monoisotopic (exact) mass is 181 g/mol. The number of para-hydroxylation sites is 1. The van der Waals surface area contributed by atoms with Crippen molar-refractivity contribution >= 4 is 11.6 Å². The van der Waals surface area contributed by atoms with E-state index in [0.29, 0.717) is 5.69 Å². The summed E-state index contributed by atoms with van der Waals surface area (Å²) >= 11 is 0. The number of hydrogen-bond acceptors (Lipinski definition) is 2. The van der Waals surface area contributed by atoms with E-state index in [4.69, 9.17) is 4.74 Å². The molecule has 1 heterocycles. The van der Waals surface area contributed by atoms with E-state index in [-0.39, 0.29) is 11.7 Å². The highest BCUT2D eigenvalue weighted by atomic mass is 19.1. The molecule has 1 amide bonds. The molecule has 0 fully saturated rings. The van der Waals surface area contributed by atoms with Crippen LogP contribution in [-0.2, 0) is 4.79 Å². The molecule has 3 nitrogen and oxygen atoms in total. The lowest BCUT2D eigenvalue weighted by atomic mass is 10.2. The zero-order valence-corrected chi connectivity index (χ0v) is 7.00. The SMILES string of the molecule is C[C@H]1Oc2c(F)cccc2NC1=O. The average molecular weight is 181 g/mol.